The Balaban J connectivity index is 0.000000457. The first kappa shape index (κ1) is 32.5. The van der Waals surface area contributed by atoms with Crippen molar-refractivity contribution in [3.63, 3.8) is 0 Å². The molecule has 1 aromatic heterocycles. The van der Waals surface area contributed by atoms with Crippen LogP contribution in [0.25, 0.3) is 0 Å². The van der Waals surface area contributed by atoms with Gasteiger partial charge < -0.3 is 15.0 Å². The molecule has 5 nitrogen and oxygen atoms in total. The van der Waals surface area contributed by atoms with Crippen LogP contribution in [0.15, 0.2) is 11.4 Å². The molecule has 1 aliphatic rings. The number of unbranched alkanes of at least 4 members (excludes halogenated alkanes) is 1. The van der Waals surface area contributed by atoms with E-state index in [1.807, 2.05) is 20.8 Å². The average Bonchev–Trinajstić information content (AvgIpc) is 3.30. The normalized spacial score (nSPS) is 18.0. The minimum atomic E-state index is -0.393. The van der Waals surface area contributed by atoms with Gasteiger partial charge >= 0.3 is 6.09 Å². The predicted octanol–water partition coefficient (Wildman–Crippen LogP) is 8.78. The topological polar surface area (TPSA) is 58.6 Å². The van der Waals surface area contributed by atoms with Crippen LogP contribution in [0.5, 0.6) is 0 Å². The third kappa shape index (κ3) is 11.7. The van der Waals surface area contributed by atoms with Crippen molar-refractivity contribution in [3.8, 4) is 0 Å². The molecule has 6 heteroatoms. The molecule has 0 spiro atoms. The first-order valence-corrected chi connectivity index (χ1v) is 15.3. The van der Waals surface area contributed by atoms with Crippen molar-refractivity contribution < 1.29 is 14.3 Å². The van der Waals surface area contributed by atoms with Gasteiger partial charge in [0, 0.05) is 29.4 Å². The molecule has 36 heavy (non-hydrogen) atoms. The fourth-order valence-corrected chi connectivity index (χ4v) is 5.94. The zero-order chi connectivity index (χ0) is 27.1. The summed E-state index contributed by atoms with van der Waals surface area (Å²) in [6, 6.07) is 2.63. The SMILES string of the molecule is CCCC(CCC)c1cc(C(=O)N2CCCC(C)C2CCC)cs1.CCCCNC(=O)OC(C)(C)C. The van der Waals surface area contributed by atoms with Crippen LogP contribution < -0.4 is 5.32 Å². The maximum absolute atomic E-state index is 13.1. The van der Waals surface area contributed by atoms with E-state index in [2.05, 4.69) is 56.3 Å². The predicted molar refractivity (Wildman–Crippen MR) is 154 cm³/mol. The number of amides is 2. The number of hydrogen-bond donors (Lipinski definition) is 1. The summed E-state index contributed by atoms with van der Waals surface area (Å²) in [6.07, 6.45) is 11.4. The lowest BCUT2D eigenvalue weighted by Crippen LogP contribution is -2.47. The lowest BCUT2D eigenvalue weighted by atomic mass is 9.87. The van der Waals surface area contributed by atoms with Crippen molar-refractivity contribution in [2.45, 2.75) is 137 Å². The number of likely N-dealkylation sites (tertiary alicyclic amines) is 1. The Kier molecular flexibility index (Phi) is 15.4. The molecule has 1 fully saturated rings. The fourth-order valence-electron chi connectivity index (χ4n) is 4.89. The van der Waals surface area contributed by atoms with E-state index in [1.54, 1.807) is 11.3 Å². The molecule has 2 atom stereocenters. The summed E-state index contributed by atoms with van der Waals surface area (Å²) >= 11 is 1.80. The van der Waals surface area contributed by atoms with E-state index in [-0.39, 0.29) is 12.0 Å². The van der Waals surface area contributed by atoms with Crippen LogP contribution in [0.2, 0.25) is 0 Å². The van der Waals surface area contributed by atoms with Crippen LogP contribution in [-0.2, 0) is 4.74 Å². The van der Waals surface area contributed by atoms with Gasteiger partial charge in [-0.3, -0.25) is 4.79 Å². The highest BCUT2D eigenvalue weighted by atomic mass is 32.1. The van der Waals surface area contributed by atoms with E-state index in [4.69, 9.17) is 4.74 Å². The third-order valence-electron chi connectivity index (χ3n) is 6.70. The first-order valence-electron chi connectivity index (χ1n) is 14.4. The van der Waals surface area contributed by atoms with Crippen molar-refractivity contribution in [2.75, 3.05) is 13.1 Å². The number of thiophene rings is 1. The molecule has 2 heterocycles. The molecule has 1 aliphatic heterocycles. The van der Waals surface area contributed by atoms with E-state index < -0.39 is 5.60 Å². The molecule has 0 radical (unpaired) electrons. The summed E-state index contributed by atoms with van der Waals surface area (Å²) in [5.74, 6) is 1.54. The van der Waals surface area contributed by atoms with Gasteiger partial charge in [-0.05, 0) is 77.2 Å². The Labute approximate surface area is 225 Å². The van der Waals surface area contributed by atoms with Crippen LogP contribution in [0.4, 0.5) is 4.79 Å². The number of hydrogen-bond acceptors (Lipinski definition) is 4. The summed E-state index contributed by atoms with van der Waals surface area (Å²) in [7, 11) is 0. The van der Waals surface area contributed by atoms with Crippen molar-refractivity contribution in [1.82, 2.24) is 10.2 Å². The fraction of sp³-hybridized carbons (Fsp3) is 0.800. The standard InChI is InChI=1S/C21H35NOS.C9H19NO2/c1-5-9-17(10-6-2)20-14-18(15-24-20)21(23)22-13-8-12-16(4)19(22)11-7-3;1-5-6-7-10-8(11)12-9(2,3)4/h14-17,19H,5-13H2,1-4H3;5-7H2,1-4H3,(H,10,11). The van der Waals surface area contributed by atoms with E-state index in [1.165, 1.54) is 37.0 Å². The molecular weight excluding hydrogens is 468 g/mol. The van der Waals surface area contributed by atoms with Gasteiger partial charge in [0.25, 0.3) is 5.91 Å². The number of nitrogens with zero attached hydrogens (tertiary/aromatic N) is 1. The van der Waals surface area contributed by atoms with E-state index in [0.29, 0.717) is 24.4 Å². The maximum Gasteiger partial charge on any atom is 0.407 e. The van der Waals surface area contributed by atoms with Gasteiger partial charge in [0.05, 0.1) is 5.56 Å². The van der Waals surface area contributed by atoms with Gasteiger partial charge in [-0.25, -0.2) is 4.79 Å². The monoisotopic (exact) mass is 522 g/mol. The molecule has 208 valence electrons. The van der Waals surface area contributed by atoms with Gasteiger partial charge in [0.1, 0.15) is 5.60 Å². The van der Waals surface area contributed by atoms with Crippen LogP contribution in [0.1, 0.15) is 141 Å². The Morgan fingerprint density at radius 3 is 2.33 bits per heavy atom. The van der Waals surface area contributed by atoms with Crippen LogP contribution in [-0.4, -0.2) is 41.6 Å². The van der Waals surface area contributed by atoms with Crippen LogP contribution in [0, 0.1) is 5.92 Å². The second-order valence-electron chi connectivity index (χ2n) is 11.3. The molecular formula is C30H54N2O3S. The minimum absolute atomic E-state index is 0.272. The highest BCUT2D eigenvalue weighted by Gasteiger charge is 2.32. The van der Waals surface area contributed by atoms with Gasteiger partial charge in [-0.1, -0.05) is 60.3 Å². The van der Waals surface area contributed by atoms with E-state index >= 15 is 0 Å². The van der Waals surface area contributed by atoms with Crippen LogP contribution >= 0.6 is 11.3 Å². The Morgan fingerprint density at radius 1 is 1.11 bits per heavy atom. The largest absolute Gasteiger partial charge is 0.444 e. The molecule has 2 rings (SSSR count). The summed E-state index contributed by atoms with van der Waals surface area (Å²) in [6.45, 7) is 18.3. The molecule has 2 amide bonds. The van der Waals surface area contributed by atoms with Crippen molar-refractivity contribution in [2.24, 2.45) is 5.92 Å². The number of carbonyl (C=O) groups excluding carboxylic acids is 2. The second kappa shape index (κ2) is 17.0. The Hall–Kier alpha value is -1.56. The summed E-state index contributed by atoms with van der Waals surface area (Å²) in [4.78, 5) is 27.7. The van der Waals surface area contributed by atoms with Crippen LogP contribution in [0.3, 0.4) is 0 Å². The van der Waals surface area contributed by atoms with Crippen molar-refractivity contribution in [1.29, 1.82) is 0 Å². The first-order chi connectivity index (χ1) is 17.1. The molecule has 1 N–H and O–H groups in total. The summed E-state index contributed by atoms with van der Waals surface area (Å²) in [5, 5.41) is 4.79. The highest BCUT2D eigenvalue weighted by molar-refractivity contribution is 7.10. The van der Waals surface area contributed by atoms with Crippen molar-refractivity contribution in [3.05, 3.63) is 21.9 Å². The molecule has 0 aliphatic carbocycles. The molecule has 0 bridgehead atoms. The number of alkyl carbamates (subject to hydrolysis) is 1. The van der Waals surface area contributed by atoms with E-state index in [0.717, 1.165) is 44.2 Å². The summed E-state index contributed by atoms with van der Waals surface area (Å²) in [5.41, 5.74) is 0.540. The van der Waals surface area contributed by atoms with Gasteiger partial charge in [0.2, 0.25) is 0 Å². The molecule has 0 saturated carbocycles. The number of rotatable bonds is 11. The molecule has 1 aromatic rings. The number of piperidine rings is 1. The number of carbonyl (C=O) groups is 2. The number of nitrogens with one attached hydrogen (secondary N) is 1. The minimum Gasteiger partial charge on any atom is -0.444 e. The maximum atomic E-state index is 13.1. The lowest BCUT2D eigenvalue weighted by molar-refractivity contribution is 0.0496. The second-order valence-corrected chi connectivity index (χ2v) is 12.2. The quantitative estimate of drug-likeness (QED) is 0.295. The average molecular weight is 523 g/mol. The molecule has 0 aromatic carbocycles. The lowest BCUT2D eigenvalue weighted by Gasteiger charge is -2.40. The smallest absolute Gasteiger partial charge is 0.407 e. The van der Waals surface area contributed by atoms with Gasteiger partial charge in [-0.15, -0.1) is 11.3 Å². The summed E-state index contributed by atoms with van der Waals surface area (Å²) < 4.78 is 5.03. The Morgan fingerprint density at radius 2 is 1.78 bits per heavy atom. The van der Waals surface area contributed by atoms with Gasteiger partial charge in [-0.2, -0.15) is 0 Å². The Bertz CT molecular complexity index is 750. The number of ether oxygens (including phenoxy) is 1. The molecule has 2 unspecified atom stereocenters. The van der Waals surface area contributed by atoms with Gasteiger partial charge in [0.15, 0.2) is 0 Å². The molecule has 1 saturated heterocycles. The highest BCUT2D eigenvalue weighted by Crippen LogP contribution is 2.33. The zero-order valence-electron chi connectivity index (χ0n) is 24.5. The van der Waals surface area contributed by atoms with E-state index in [9.17, 15) is 9.59 Å². The van der Waals surface area contributed by atoms with Crippen molar-refractivity contribution >= 4 is 23.3 Å². The third-order valence-corrected chi connectivity index (χ3v) is 7.80. The zero-order valence-corrected chi connectivity index (χ0v) is 25.3.